The average Bonchev–Trinajstić information content (AvgIpc) is 2.49. The number of rotatable bonds is 5. The third-order valence-corrected chi connectivity index (χ3v) is 4.29. The third kappa shape index (κ3) is 4.30. The Kier molecular flexibility index (Phi) is 6.22. The number of nitrogens with zero attached hydrogens (tertiary/aromatic N) is 1. The zero-order chi connectivity index (χ0) is 15.1. The zero-order valence-electron chi connectivity index (χ0n) is 13.1. The zero-order valence-corrected chi connectivity index (χ0v) is 13.1. The fourth-order valence-electron chi connectivity index (χ4n) is 2.66. The molecule has 3 rings (SSSR count). The van der Waals surface area contributed by atoms with Crippen molar-refractivity contribution >= 4 is 0 Å². The van der Waals surface area contributed by atoms with Crippen LogP contribution in [-0.2, 0) is 9.47 Å². The van der Waals surface area contributed by atoms with Gasteiger partial charge in [-0.3, -0.25) is 0 Å². The summed E-state index contributed by atoms with van der Waals surface area (Å²) < 4.78 is 10.7. The molecule has 2 atom stereocenters. The second-order valence-electron chi connectivity index (χ2n) is 5.84. The molecule has 1 aliphatic heterocycles. The minimum absolute atomic E-state index is 0.398. The average molecular weight is 287 g/mol. The number of hydrogen-bond acceptors (Lipinski definition) is 3. The lowest BCUT2D eigenvalue weighted by Gasteiger charge is -2.28. The van der Waals surface area contributed by atoms with E-state index in [9.17, 15) is 0 Å². The smallest absolute Gasteiger partial charge is 0.147 e. The van der Waals surface area contributed by atoms with Crippen molar-refractivity contribution in [2.45, 2.75) is 52.1 Å². The predicted molar refractivity (Wildman–Crippen MR) is 82.4 cm³/mol. The summed E-state index contributed by atoms with van der Waals surface area (Å²) in [6, 6.07) is 7.96. The first-order chi connectivity index (χ1) is 10.3. The molecule has 0 aromatic carbocycles. The van der Waals surface area contributed by atoms with E-state index < -0.39 is 0 Å². The van der Waals surface area contributed by atoms with E-state index in [2.05, 4.69) is 19.9 Å². The summed E-state index contributed by atoms with van der Waals surface area (Å²) in [7, 11) is 0. The van der Waals surface area contributed by atoms with Crippen LogP contribution in [0.15, 0.2) is 18.2 Å². The molecule has 0 bridgehead atoms. The Bertz CT molecular complexity index is 576. The molecule has 1 saturated heterocycles. The Morgan fingerprint density at radius 2 is 2.14 bits per heavy atom. The van der Waals surface area contributed by atoms with Gasteiger partial charge in [0.2, 0.25) is 0 Å². The number of nitriles is 1. The van der Waals surface area contributed by atoms with Crippen molar-refractivity contribution in [3.63, 3.8) is 0 Å². The van der Waals surface area contributed by atoms with Gasteiger partial charge in [-0.05, 0) is 29.8 Å². The van der Waals surface area contributed by atoms with Crippen molar-refractivity contribution in [2.24, 2.45) is 5.92 Å². The molecular formula is C18H25NO2. The maximum absolute atomic E-state index is 8.32. The summed E-state index contributed by atoms with van der Waals surface area (Å²) in [5, 5.41) is 10.7. The van der Waals surface area contributed by atoms with Gasteiger partial charge in [-0.1, -0.05) is 44.7 Å². The Balaban J connectivity index is 0.000000170. The number of hydrogen-bond donors (Lipinski definition) is 0. The molecular weight excluding hydrogens is 262 g/mol. The lowest BCUT2D eigenvalue weighted by molar-refractivity contribution is -0.165. The van der Waals surface area contributed by atoms with Crippen molar-refractivity contribution in [3.8, 4) is 6.07 Å². The highest BCUT2D eigenvalue weighted by molar-refractivity contribution is 5.41. The molecule has 2 aliphatic carbocycles. The van der Waals surface area contributed by atoms with Gasteiger partial charge in [0.25, 0.3) is 0 Å². The molecule has 0 amide bonds. The normalized spacial score (nSPS) is 22.0. The van der Waals surface area contributed by atoms with Crippen molar-refractivity contribution in [1.29, 1.82) is 5.26 Å². The van der Waals surface area contributed by atoms with Crippen LogP contribution in [0.1, 0.15) is 51.5 Å². The molecule has 3 heteroatoms. The number of benzene rings is 1. The fourth-order valence-corrected chi connectivity index (χ4v) is 2.66. The first kappa shape index (κ1) is 16.0. The molecule has 0 spiro atoms. The van der Waals surface area contributed by atoms with Gasteiger partial charge in [-0.15, -0.1) is 0 Å². The highest BCUT2D eigenvalue weighted by Crippen LogP contribution is 2.20. The Morgan fingerprint density at radius 3 is 2.62 bits per heavy atom. The Morgan fingerprint density at radius 1 is 1.29 bits per heavy atom. The monoisotopic (exact) mass is 287 g/mol. The Hall–Kier alpha value is -1.37. The van der Waals surface area contributed by atoms with Gasteiger partial charge in [0, 0.05) is 5.92 Å². The lowest BCUT2D eigenvalue weighted by atomic mass is 9.96. The number of unbranched alkanes of at least 4 members (excludes halogenated alkanes) is 3. The highest BCUT2D eigenvalue weighted by Gasteiger charge is 2.21. The van der Waals surface area contributed by atoms with Gasteiger partial charge in [0.1, 0.15) is 6.79 Å². The predicted octanol–water partition coefficient (Wildman–Crippen LogP) is 4.12. The van der Waals surface area contributed by atoms with Crippen molar-refractivity contribution in [1.82, 2.24) is 0 Å². The first-order valence-corrected chi connectivity index (χ1v) is 8.00. The molecule has 0 aromatic rings. The second-order valence-corrected chi connectivity index (χ2v) is 5.84. The van der Waals surface area contributed by atoms with Crippen LogP contribution in [-0.4, -0.2) is 19.5 Å². The molecule has 1 fully saturated rings. The third-order valence-electron chi connectivity index (χ3n) is 4.29. The summed E-state index contributed by atoms with van der Waals surface area (Å²) >= 11 is 0. The summed E-state index contributed by atoms with van der Waals surface area (Å²) in [5.74, 6) is 0.630. The maximum atomic E-state index is 8.32. The number of ether oxygens (including phenoxy) is 2. The Labute approximate surface area is 127 Å². The minimum atomic E-state index is 0.398. The molecule has 1 heterocycles. The van der Waals surface area contributed by atoms with Crippen LogP contribution >= 0.6 is 0 Å². The molecule has 114 valence electrons. The molecule has 0 N–H and O–H groups in total. The second kappa shape index (κ2) is 8.17. The van der Waals surface area contributed by atoms with Crippen LogP contribution in [0.2, 0.25) is 0 Å². The topological polar surface area (TPSA) is 42.2 Å². The van der Waals surface area contributed by atoms with E-state index in [-0.39, 0.29) is 0 Å². The van der Waals surface area contributed by atoms with Gasteiger partial charge in [0.15, 0.2) is 0 Å². The fraction of sp³-hybridized carbons (Fsp3) is 0.611. The van der Waals surface area contributed by atoms with E-state index in [1.54, 1.807) is 0 Å². The highest BCUT2D eigenvalue weighted by atomic mass is 16.7. The minimum Gasteiger partial charge on any atom is -0.355 e. The SMILES string of the molecule is CCCCCCC1COCOC1C.N#Cc1cc2ccc1=2. The first-order valence-electron chi connectivity index (χ1n) is 8.00. The van der Waals surface area contributed by atoms with Crippen molar-refractivity contribution in [3.05, 3.63) is 34.2 Å². The maximum Gasteiger partial charge on any atom is 0.147 e. The molecule has 0 radical (unpaired) electrons. The van der Waals surface area contributed by atoms with Gasteiger partial charge in [-0.2, -0.15) is 5.26 Å². The van der Waals surface area contributed by atoms with Crippen LogP contribution in [0.5, 0.6) is 0 Å². The molecule has 0 saturated carbocycles. The summed E-state index contributed by atoms with van der Waals surface area (Å²) in [6.45, 7) is 5.79. The van der Waals surface area contributed by atoms with Crippen molar-refractivity contribution < 1.29 is 9.47 Å². The van der Waals surface area contributed by atoms with Gasteiger partial charge >= 0.3 is 0 Å². The van der Waals surface area contributed by atoms with Gasteiger partial charge in [0.05, 0.1) is 24.3 Å². The molecule has 2 unspecified atom stereocenters. The van der Waals surface area contributed by atoms with E-state index in [0.717, 1.165) is 17.4 Å². The van der Waals surface area contributed by atoms with Crippen LogP contribution < -0.4 is 0 Å². The summed E-state index contributed by atoms with van der Waals surface area (Å²) in [4.78, 5) is 0. The standard InChI is InChI=1S/C11H22O2.C7H3N/c1-3-4-5-6-7-11-8-12-9-13-10(11)2;8-4-6-3-5-1-2-7(5)6/h10-11H,3-9H2,1-2H3;1-3H. The van der Waals surface area contributed by atoms with Crippen molar-refractivity contribution in [2.75, 3.05) is 13.4 Å². The van der Waals surface area contributed by atoms with Gasteiger partial charge < -0.3 is 9.47 Å². The van der Waals surface area contributed by atoms with Crippen LogP contribution in [0, 0.1) is 27.7 Å². The van der Waals surface area contributed by atoms with Crippen LogP contribution in [0.4, 0.5) is 0 Å². The van der Waals surface area contributed by atoms with E-state index >= 15 is 0 Å². The van der Waals surface area contributed by atoms with E-state index in [1.165, 1.54) is 37.3 Å². The molecule has 3 aliphatic rings. The molecule has 21 heavy (non-hydrogen) atoms. The largest absolute Gasteiger partial charge is 0.355 e. The molecule has 0 aromatic heterocycles. The lowest BCUT2D eigenvalue weighted by Crippen LogP contribution is -2.31. The summed E-state index contributed by atoms with van der Waals surface area (Å²) in [5.41, 5.74) is 0.836. The van der Waals surface area contributed by atoms with Gasteiger partial charge in [-0.25, -0.2) is 0 Å². The van der Waals surface area contributed by atoms with Crippen LogP contribution in [0.3, 0.4) is 0 Å². The molecule has 3 nitrogen and oxygen atoms in total. The van der Waals surface area contributed by atoms with E-state index in [4.69, 9.17) is 14.7 Å². The van der Waals surface area contributed by atoms with E-state index in [1.807, 2.05) is 18.2 Å². The van der Waals surface area contributed by atoms with E-state index in [0.29, 0.717) is 18.8 Å². The quantitative estimate of drug-likeness (QED) is 0.777. The summed E-state index contributed by atoms with van der Waals surface area (Å²) in [6.07, 6.45) is 7.03. The van der Waals surface area contributed by atoms with Crippen LogP contribution in [0.25, 0.3) is 0 Å².